The van der Waals surface area contributed by atoms with Crippen molar-refractivity contribution in [2.24, 2.45) is 0 Å². The van der Waals surface area contributed by atoms with Gasteiger partial charge in [-0.15, -0.1) is 4.98 Å². The van der Waals surface area contributed by atoms with Gasteiger partial charge in [0, 0.05) is 7.11 Å². The Labute approximate surface area is 98.9 Å². The summed E-state index contributed by atoms with van der Waals surface area (Å²) in [5.74, 6) is 0. The molecule has 0 saturated heterocycles. The Kier molecular flexibility index (Phi) is 5.81. The van der Waals surface area contributed by atoms with E-state index in [2.05, 4.69) is 15.0 Å². The molecule has 6 nitrogen and oxygen atoms in total. The predicted octanol–water partition coefficient (Wildman–Crippen LogP) is 1.34. The highest BCUT2D eigenvalue weighted by Crippen LogP contribution is 2.12. The van der Waals surface area contributed by atoms with Crippen molar-refractivity contribution < 1.29 is 14.2 Å². The lowest BCUT2D eigenvalue weighted by atomic mass is 10.5. The maximum absolute atomic E-state index is 5.69. The lowest BCUT2D eigenvalue weighted by molar-refractivity contribution is 0.139. The fourth-order valence-electron chi connectivity index (χ4n) is 0.853. The molecule has 90 valence electrons. The summed E-state index contributed by atoms with van der Waals surface area (Å²) in [6, 6.07) is 0.317. The van der Waals surface area contributed by atoms with Gasteiger partial charge in [-0.2, -0.15) is 9.97 Å². The molecule has 0 bridgehead atoms. The van der Waals surface area contributed by atoms with Gasteiger partial charge < -0.3 is 14.2 Å². The molecule has 0 amide bonds. The normalized spacial score (nSPS) is 10.2. The van der Waals surface area contributed by atoms with Crippen molar-refractivity contribution in [3.63, 3.8) is 0 Å². The largest absolute Gasteiger partial charge is 0.463 e. The minimum Gasteiger partial charge on any atom is -0.463 e. The zero-order chi connectivity index (χ0) is 11.8. The third kappa shape index (κ3) is 4.59. The predicted molar refractivity (Wildman–Crippen MR) is 58.0 cm³/mol. The Morgan fingerprint density at radius 3 is 2.19 bits per heavy atom. The zero-order valence-electron chi connectivity index (χ0n) is 9.27. The molecule has 16 heavy (non-hydrogen) atoms. The molecule has 0 aliphatic carbocycles. The molecule has 0 N–H and O–H groups in total. The first kappa shape index (κ1) is 12.9. The molecule has 0 aliphatic rings. The van der Waals surface area contributed by atoms with Gasteiger partial charge in [0.1, 0.15) is 6.61 Å². The topological polar surface area (TPSA) is 66.4 Å². The van der Waals surface area contributed by atoms with Gasteiger partial charge >= 0.3 is 12.0 Å². The highest BCUT2D eigenvalue weighted by atomic mass is 35.5. The van der Waals surface area contributed by atoms with Crippen LogP contribution in [0.1, 0.15) is 13.3 Å². The van der Waals surface area contributed by atoms with Gasteiger partial charge in [0.05, 0.1) is 13.2 Å². The number of hydrogen-bond acceptors (Lipinski definition) is 6. The van der Waals surface area contributed by atoms with Crippen LogP contribution in [0.15, 0.2) is 0 Å². The lowest BCUT2D eigenvalue weighted by Crippen LogP contribution is -2.09. The standard InChI is InChI=1S/C9H14ClN3O3/c1-3-4-15-8-11-7(10)12-9(13-8)16-6-5-14-2/h3-6H2,1-2H3. The summed E-state index contributed by atoms with van der Waals surface area (Å²) < 4.78 is 15.2. The van der Waals surface area contributed by atoms with Gasteiger partial charge in [0.25, 0.3) is 0 Å². The number of rotatable bonds is 7. The van der Waals surface area contributed by atoms with E-state index in [1.165, 1.54) is 0 Å². The van der Waals surface area contributed by atoms with Crippen LogP contribution < -0.4 is 9.47 Å². The molecular formula is C9H14ClN3O3. The second kappa shape index (κ2) is 7.19. The molecule has 0 fully saturated rings. The molecular weight excluding hydrogens is 234 g/mol. The minimum absolute atomic E-state index is 0.0496. The van der Waals surface area contributed by atoms with Gasteiger partial charge in [0.15, 0.2) is 0 Å². The Hall–Kier alpha value is -1.14. The van der Waals surface area contributed by atoms with E-state index in [0.717, 1.165) is 6.42 Å². The van der Waals surface area contributed by atoms with Gasteiger partial charge in [-0.05, 0) is 18.0 Å². The van der Waals surface area contributed by atoms with Crippen LogP contribution in [-0.2, 0) is 4.74 Å². The average Bonchev–Trinajstić information content (AvgIpc) is 2.26. The summed E-state index contributed by atoms with van der Waals surface area (Å²) in [5.41, 5.74) is 0. The Balaban J connectivity index is 2.58. The molecule has 0 saturated carbocycles. The van der Waals surface area contributed by atoms with Crippen molar-refractivity contribution in [1.82, 2.24) is 15.0 Å². The maximum Gasteiger partial charge on any atom is 0.324 e. The molecule has 0 aliphatic heterocycles. The zero-order valence-corrected chi connectivity index (χ0v) is 10.0. The van der Waals surface area contributed by atoms with E-state index in [0.29, 0.717) is 19.8 Å². The van der Waals surface area contributed by atoms with E-state index in [-0.39, 0.29) is 17.3 Å². The van der Waals surface area contributed by atoms with Crippen molar-refractivity contribution in [3.05, 3.63) is 5.28 Å². The summed E-state index contributed by atoms with van der Waals surface area (Å²) in [6.07, 6.45) is 0.864. The van der Waals surface area contributed by atoms with Crippen LogP contribution in [0.2, 0.25) is 5.28 Å². The Morgan fingerprint density at radius 1 is 1.00 bits per heavy atom. The first-order valence-electron chi connectivity index (χ1n) is 4.92. The third-order valence-electron chi connectivity index (χ3n) is 1.52. The molecule has 0 aromatic carbocycles. The summed E-state index contributed by atoms with van der Waals surface area (Å²) in [7, 11) is 1.58. The first-order valence-corrected chi connectivity index (χ1v) is 5.30. The monoisotopic (exact) mass is 247 g/mol. The van der Waals surface area contributed by atoms with E-state index in [1.54, 1.807) is 7.11 Å². The molecule has 1 rings (SSSR count). The SMILES string of the molecule is CCCOc1nc(Cl)nc(OCCOC)n1. The minimum atomic E-state index is 0.0496. The van der Waals surface area contributed by atoms with Crippen LogP contribution in [0.25, 0.3) is 0 Å². The number of methoxy groups -OCH3 is 1. The fourth-order valence-corrected chi connectivity index (χ4v) is 0.998. The Morgan fingerprint density at radius 2 is 1.62 bits per heavy atom. The van der Waals surface area contributed by atoms with Gasteiger partial charge in [-0.3, -0.25) is 0 Å². The third-order valence-corrected chi connectivity index (χ3v) is 1.69. The number of aromatic nitrogens is 3. The molecule has 1 aromatic heterocycles. The van der Waals surface area contributed by atoms with Crippen LogP contribution in [0, 0.1) is 0 Å². The summed E-state index contributed by atoms with van der Waals surface area (Å²) in [6.45, 7) is 3.31. The van der Waals surface area contributed by atoms with Crippen molar-refractivity contribution >= 4 is 11.6 Å². The molecule has 0 spiro atoms. The van der Waals surface area contributed by atoms with E-state index in [9.17, 15) is 0 Å². The molecule has 1 aromatic rings. The summed E-state index contributed by atoms with van der Waals surface area (Å²) in [5, 5.41) is 0.0496. The number of halogens is 1. The Bertz CT molecular complexity index is 325. The highest BCUT2D eigenvalue weighted by Gasteiger charge is 2.06. The molecule has 1 heterocycles. The first-order chi connectivity index (χ1) is 7.76. The molecule has 7 heteroatoms. The maximum atomic E-state index is 5.69. The number of hydrogen-bond donors (Lipinski definition) is 0. The molecule has 0 atom stereocenters. The van der Waals surface area contributed by atoms with Crippen LogP contribution >= 0.6 is 11.6 Å². The highest BCUT2D eigenvalue weighted by molar-refractivity contribution is 6.28. The van der Waals surface area contributed by atoms with Crippen LogP contribution in [0.4, 0.5) is 0 Å². The quantitative estimate of drug-likeness (QED) is 0.678. The van der Waals surface area contributed by atoms with E-state index in [4.69, 9.17) is 25.8 Å². The van der Waals surface area contributed by atoms with Gasteiger partial charge in [0.2, 0.25) is 5.28 Å². The van der Waals surface area contributed by atoms with E-state index < -0.39 is 0 Å². The second-order valence-electron chi connectivity index (χ2n) is 2.86. The van der Waals surface area contributed by atoms with Gasteiger partial charge in [-0.1, -0.05) is 6.92 Å². The van der Waals surface area contributed by atoms with Crippen molar-refractivity contribution in [2.45, 2.75) is 13.3 Å². The summed E-state index contributed by atoms with van der Waals surface area (Å²) >= 11 is 5.69. The number of nitrogens with zero attached hydrogens (tertiary/aromatic N) is 3. The fraction of sp³-hybridized carbons (Fsp3) is 0.667. The van der Waals surface area contributed by atoms with Crippen molar-refractivity contribution in [3.8, 4) is 12.0 Å². The number of ether oxygens (including phenoxy) is 3. The lowest BCUT2D eigenvalue weighted by Gasteiger charge is -2.06. The van der Waals surface area contributed by atoms with Crippen LogP contribution in [0.5, 0.6) is 12.0 Å². The van der Waals surface area contributed by atoms with Crippen LogP contribution in [0.3, 0.4) is 0 Å². The van der Waals surface area contributed by atoms with Crippen molar-refractivity contribution in [2.75, 3.05) is 26.9 Å². The average molecular weight is 248 g/mol. The smallest absolute Gasteiger partial charge is 0.324 e. The molecule has 0 radical (unpaired) electrons. The van der Waals surface area contributed by atoms with Crippen molar-refractivity contribution in [1.29, 1.82) is 0 Å². The molecule has 0 unspecified atom stereocenters. The second-order valence-corrected chi connectivity index (χ2v) is 3.20. The van der Waals surface area contributed by atoms with E-state index >= 15 is 0 Å². The van der Waals surface area contributed by atoms with Crippen LogP contribution in [-0.4, -0.2) is 41.9 Å². The van der Waals surface area contributed by atoms with Gasteiger partial charge in [-0.25, -0.2) is 0 Å². The van der Waals surface area contributed by atoms with E-state index in [1.807, 2.05) is 6.92 Å². The summed E-state index contributed by atoms with van der Waals surface area (Å²) in [4.78, 5) is 11.5.